The van der Waals surface area contributed by atoms with E-state index in [4.69, 9.17) is 30.5 Å². The van der Waals surface area contributed by atoms with Gasteiger partial charge in [-0.3, -0.25) is 29.0 Å². The van der Waals surface area contributed by atoms with Gasteiger partial charge in [-0.1, -0.05) is 24.3 Å². The van der Waals surface area contributed by atoms with Crippen molar-refractivity contribution in [2.75, 3.05) is 18.7 Å². The lowest BCUT2D eigenvalue weighted by Crippen LogP contribution is -2.13. The van der Waals surface area contributed by atoms with Crippen molar-refractivity contribution in [3.8, 4) is 0 Å². The van der Waals surface area contributed by atoms with E-state index >= 15 is 0 Å². The number of rotatable bonds is 12. The normalized spacial score (nSPS) is 12.8. The minimum atomic E-state index is -3.88. The Morgan fingerprint density at radius 3 is 2.68 bits per heavy atom. The van der Waals surface area contributed by atoms with Crippen molar-refractivity contribution in [1.82, 2.24) is 19.5 Å². The highest BCUT2D eigenvalue weighted by Gasteiger charge is 2.27. The summed E-state index contributed by atoms with van der Waals surface area (Å²) in [6.45, 7) is 6.79. The van der Waals surface area contributed by atoms with E-state index in [1.165, 1.54) is 12.4 Å². The summed E-state index contributed by atoms with van der Waals surface area (Å²) in [4.78, 5) is 35.8. The molecule has 1 atom stereocenters. The quantitative estimate of drug-likeness (QED) is 0.0898. The Bertz CT molecular complexity index is 1550. The molecular formula is C21H20N7O8P. The molecule has 3 heterocycles. The van der Waals surface area contributed by atoms with Gasteiger partial charge >= 0.3 is 13.5 Å². The first kappa shape index (κ1) is 25.7. The second kappa shape index (κ2) is 11.1. The van der Waals surface area contributed by atoms with Crippen LogP contribution in [0.5, 0.6) is 0 Å². The van der Waals surface area contributed by atoms with Gasteiger partial charge in [0.2, 0.25) is 5.95 Å². The summed E-state index contributed by atoms with van der Waals surface area (Å²) in [7, 11) is -3.88. The van der Waals surface area contributed by atoms with E-state index in [0.717, 1.165) is 6.07 Å². The zero-order valence-corrected chi connectivity index (χ0v) is 20.0. The Balaban J connectivity index is 1.40. The molecule has 37 heavy (non-hydrogen) atoms. The summed E-state index contributed by atoms with van der Waals surface area (Å²) in [5.41, 5.74) is 6.58. The molecule has 0 radical (unpaired) electrons. The lowest BCUT2D eigenvalue weighted by molar-refractivity contribution is -0.402. The molecule has 1 unspecified atom stereocenters. The fourth-order valence-corrected chi connectivity index (χ4v) is 4.38. The van der Waals surface area contributed by atoms with Crippen LogP contribution in [0.3, 0.4) is 0 Å². The third kappa shape index (κ3) is 6.46. The Labute approximate surface area is 208 Å². The van der Waals surface area contributed by atoms with E-state index in [1.807, 2.05) is 0 Å². The van der Waals surface area contributed by atoms with Crippen LogP contribution in [0.4, 0.5) is 17.5 Å². The van der Waals surface area contributed by atoms with Crippen LogP contribution in [0, 0.1) is 16.7 Å². The average molecular weight is 529 g/mol. The van der Waals surface area contributed by atoms with Crippen LogP contribution in [0.15, 0.2) is 51.9 Å². The first-order chi connectivity index (χ1) is 17.8. The highest BCUT2D eigenvalue weighted by Crippen LogP contribution is 2.50. The smallest absolute Gasteiger partial charge is 0.403 e. The largest absolute Gasteiger partial charge is 0.433 e. The van der Waals surface area contributed by atoms with E-state index in [-0.39, 0.29) is 49.2 Å². The van der Waals surface area contributed by atoms with Gasteiger partial charge in [0, 0.05) is 6.54 Å². The lowest BCUT2D eigenvalue weighted by Gasteiger charge is -2.18. The van der Waals surface area contributed by atoms with Crippen LogP contribution < -0.4 is 11.3 Å². The number of aromatic amines is 1. The maximum Gasteiger partial charge on any atom is 0.433 e. The molecule has 0 spiro atoms. The molecule has 3 N–H and O–H groups in total. The summed E-state index contributed by atoms with van der Waals surface area (Å²) >= 11 is 0. The van der Waals surface area contributed by atoms with Gasteiger partial charge in [0.05, 0.1) is 32.2 Å². The molecule has 1 aromatic carbocycles. The van der Waals surface area contributed by atoms with Gasteiger partial charge in [-0.2, -0.15) is 4.98 Å². The fourth-order valence-electron chi connectivity index (χ4n) is 3.13. The molecule has 0 fully saturated rings. The summed E-state index contributed by atoms with van der Waals surface area (Å²) in [6, 6.07) is 8.98. The molecule has 0 aliphatic heterocycles. The molecule has 0 bridgehead atoms. The fraction of sp³-hybridized carbons (Fsp3) is 0.238. The highest BCUT2D eigenvalue weighted by molar-refractivity contribution is 7.53. The average Bonchev–Trinajstić information content (AvgIpc) is 3.52. The van der Waals surface area contributed by atoms with Gasteiger partial charge < -0.3 is 24.0 Å². The molecule has 0 saturated carbocycles. The summed E-state index contributed by atoms with van der Waals surface area (Å²) < 4.78 is 36.6. The number of H-pyrrole nitrogens is 1. The molecule has 16 heteroatoms. The van der Waals surface area contributed by atoms with Crippen molar-refractivity contribution < 1.29 is 27.7 Å². The molecule has 15 nitrogen and oxygen atoms in total. The minimum Gasteiger partial charge on any atom is -0.403 e. The number of furan rings is 1. The monoisotopic (exact) mass is 529 g/mol. The van der Waals surface area contributed by atoms with Crippen LogP contribution in [0.2, 0.25) is 0 Å². The maximum absolute atomic E-state index is 13.4. The number of hydrogen-bond acceptors (Lipinski definition) is 11. The van der Waals surface area contributed by atoms with E-state index in [0.29, 0.717) is 11.3 Å². The first-order valence-electron chi connectivity index (χ1n) is 10.6. The number of fused-ring (bicyclic) bond motifs is 1. The Morgan fingerprint density at radius 2 is 1.97 bits per heavy atom. The molecule has 0 amide bonds. The number of ether oxygens (including phenoxy) is 1. The molecule has 192 valence electrons. The Morgan fingerprint density at radius 1 is 1.22 bits per heavy atom. The lowest BCUT2D eigenvalue weighted by atomic mass is 10.2. The topological polar surface area (TPSA) is 195 Å². The number of aromatic nitrogens is 4. The molecule has 4 aromatic rings. The van der Waals surface area contributed by atoms with Crippen molar-refractivity contribution in [2.45, 2.75) is 19.8 Å². The first-order valence-corrected chi connectivity index (χ1v) is 12.3. The highest BCUT2D eigenvalue weighted by atomic mass is 31.2. The maximum atomic E-state index is 13.4. The van der Waals surface area contributed by atoms with Gasteiger partial charge in [0.25, 0.3) is 5.56 Å². The van der Waals surface area contributed by atoms with E-state index in [2.05, 4.69) is 19.8 Å². The van der Waals surface area contributed by atoms with Crippen molar-refractivity contribution in [2.24, 2.45) is 0 Å². The van der Waals surface area contributed by atoms with Crippen molar-refractivity contribution in [3.05, 3.63) is 85.9 Å². The van der Waals surface area contributed by atoms with Crippen molar-refractivity contribution >= 4 is 36.3 Å². The van der Waals surface area contributed by atoms with Crippen LogP contribution in [0.25, 0.3) is 16.0 Å². The van der Waals surface area contributed by atoms with Crippen LogP contribution in [-0.4, -0.2) is 37.4 Å². The molecule has 3 aromatic heterocycles. The molecule has 4 rings (SSSR count). The SMILES string of the molecule is [C-]#[N+]c1ccc(COP(=O)(COCCn2cnc3c(=O)[nH]c(N)nc32)OCc2ccc([N+](=O)[O-])o2)cc1. The van der Waals surface area contributed by atoms with Crippen LogP contribution >= 0.6 is 7.60 Å². The number of anilines is 1. The second-order valence-electron chi connectivity index (χ2n) is 7.53. The van der Waals surface area contributed by atoms with Gasteiger partial charge in [-0.05, 0) is 11.6 Å². The summed E-state index contributed by atoms with van der Waals surface area (Å²) in [5.74, 6) is -0.462. The summed E-state index contributed by atoms with van der Waals surface area (Å²) in [6.07, 6.45) is 0.956. The standard InChI is InChI=1S/C21H20N7O8P/c1-23-15-4-2-14(3-5-15)10-34-37(32,35-11-16-6-7-17(36-16)28(30)31)13-33-9-8-27-12-24-18-19(27)25-21(22)26-20(18)29/h2-7,12H,8-11,13H2,(H3,22,25,26,29). The molecule has 0 aliphatic carbocycles. The number of benzene rings is 1. The number of nitro groups is 1. The minimum absolute atomic E-state index is 0.0302. The Hall–Kier alpha value is -4.35. The number of nitrogens with two attached hydrogens (primary N) is 1. The second-order valence-corrected chi connectivity index (χ2v) is 9.53. The third-order valence-electron chi connectivity index (χ3n) is 4.94. The third-order valence-corrected chi connectivity index (χ3v) is 6.49. The van der Waals surface area contributed by atoms with Crippen molar-refractivity contribution in [1.29, 1.82) is 0 Å². The Kier molecular flexibility index (Phi) is 7.75. The molecule has 0 aliphatic rings. The zero-order valence-electron chi connectivity index (χ0n) is 19.1. The number of imidazole rings is 1. The number of hydrogen-bond donors (Lipinski definition) is 2. The predicted molar refractivity (Wildman–Crippen MR) is 129 cm³/mol. The predicted octanol–water partition coefficient (Wildman–Crippen LogP) is 3.35. The van der Waals surface area contributed by atoms with Crippen LogP contribution in [-0.2, 0) is 38.1 Å². The number of nitrogens with one attached hydrogen (secondary N) is 1. The summed E-state index contributed by atoms with van der Waals surface area (Å²) in [5, 5.41) is 10.8. The van der Waals surface area contributed by atoms with Gasteiger partial charge in [-0.25, -0.2) is 9.83 Å². The molecular weight excluding hydrogens is 509 g/mol. The van der Waals surface area contributed by atoms with Gasteiger partial charge in [-0.15, -0.1) is 0 Å². The van der Waals surface area contributed by atoms with Gasteiger partial charge in [0.1, 0.15) is 23.6 Å². The van der Waals surface area contributed by atoms with Crippen LogP contribution in [0.1, 0.15) is 11.3 Å². The van der Waals surface area contributed by atoms with E-state index in [1.54, 1.807) is 28.8 Å². The van der Waals surface area contributed by atoms with E-state index in [9.17, 15) is 19.5 Å². The van der Waals surface area contributed by atoms with Crippen molar-refractivity contribution in [3.63, 3.8) is 0 Å². The number of nitrogen functional groups attached to an aromatic ring is 1. The molecule has 0 saturated heterocycles. The van der Waals surface area contributed by atoms with Gasteiger partial charge in [0.15, 0.2) is 16.9 Å². The number of nitrogens with zero attached hydrogens (tertiary/aromatic N) is 5. The zero-order chi connectivity index (χ0) is 26.4. The van der Waals surface area contributed by atoms with E-state index < -0.39 is 30.3 Å².